The van der Waals surface area contributed by atoms with Gasteiger partial charge in [-0.1, -0.05) is 38.6 Å². The van der Waals surface area contributed by atoms with Crippen molar-refractivity contribution in [1.29, 1.82) is 0 Å². The number of carbonyl (C=O) groups excluding carboxylic acids is 1. The van der Waals surface area contributed by atoms with Gasteiger partial charge in [0, 0.05) is 47.9 Å². The van der Waals surface area contributed by atoms with Gasteiger partial charge < -0.3 is 9.80 Å². The maximum absolute atomic E-state index is 16.4. The Labute approximate surface area is 264 Å². The van der Waals surface area contributed by atoms with Crippen LogP contribution in [-0.2, 0) is 4.79 Å². The summed E-state index contributed by atoms with van der Waals surface area (Å²) in [5, 5.41) is 1.33. The highest BCUT2D eigenvalue weighted by Gasteiger charge is 2.34. The Morgan fingerprint density at radius 1 is 1.09 bits per heavy atom. The van der Waals surface area contributed by atoms with Crippen molar-refractivity contribution in [2.45, 2.75) is 52.6 Å². The topological polar surface area (TPSA) is 71.3 Å². The van der Waals surface area contributed by atoms with E-state index in [2.05, 4.69) is 16.5 Å². The van der Waals surface area contributed by atoms with E-state index in [1.807, 2.05) is 67.4 Å². The van der Waals surface area contributed by atoms with Crippen molar-refractivity contribution in [2.75, 3.05) is 18.0 Å². The van der Waals surface area contributed by atoms with Gasteiger partial charge in [0.2, 0.25) is 5.91 Å². The molecule has 2 aromatic carbocycles. The Balaban J connectivity index is 1.88. The summed E-state index contributed by atoms with van der Waals surface area (Å²) in [5.41, 5.74) is 2.56. The van der Waals surface area contributed by atoms with E-state index in [9.17, 15) is 9.59 Å². The van der Waals surface area contributed by atoms with E-state index in [0.29, 0.717) is 46.8 Å². The summed E-state index contributed by atoms with van der Waals surface area (Å²) in [6, 6.07) is 8.89. The molecule has 1 aliphatic heterocycles. The van der Waals surface area contributed by atoms with Crippen LogP contribution in [0.2, 0.25) is 0 Å². The fraction of sp³-hybridized carbons (Fsp3) is 0.294. The van der Waals surface area contributed by atoms with E-state index < -0.39 is 17.3 Å². The van der Waals surface area contributed by atoms with Crippen LogP contribution in [-0.4, -0.2) is 66.2 Å². The molecule has 2 atom stereocenters. The van der Waals surface area contributed by atoms with Crippen molar-refractivity contribution < 1.29 is 13.6 Å². The molecule has 230 valence electrons. The minimum atomic E-state index is -0.642. The number of rotatable bonds is 6. The summed E-state index contributed by atoms with van der Waals surface area (Å²) < 4.78 is 33.4. The monoisotopic (exact) mass is 607 g/mol. The molecule has 0 bridgehead atoms. The fourth-order valence-corrected chi connectivity index (χ4v) is 6.42. The number of hydrogen-bond donors (Lipinski definition) is 0. The van der Waals surface area contributed by atoms with Gasteiger partial charge in [-0.2, -0.15) is 4.98 Å². The lowest BCUT2D eigenvalue weighted by atomic mass is 9.77. The first-order valence-electron chi connectivity index (χ1n) is 15.2. The van der Waals surface area contributed by atoms with Crippen molar-refractivity contribution in [3.63, 3.8) is 0 Å². The molecule has 0 saturated carbocycles. The first-order valence-corrected chi connectivity index (χ1v) is 15.2. The van der Waals surface area contributed by atoms with Crippen LogP contribution in [0.1, 0.15) is 50.4 Å². The highest BCUT2D eigenvalue weighted by molar-refractivity contribution is 6.50. The number of hydrogen-bond acceptors (Lipinski definition) is 5. The van der Waals surface area contributed by atoms with Crippen LogP contribution in [0.5, 0.6) is 0 Å². The minimum absolute atomic E-state index is 0.0344. The van der Waals surface area contributed by atoms with E-state index >= 15 is 8.78 Å². The molecular weight excluding hydrogens is 570 g/mol. The van der Waals surface area contributed by atoms with Crippen LogP contribution in [0.25, 0.3) is 33.8 Å². The molecule has 0 aliphatic carbocycles. The Morgan fingerprint density at radius 3 is 2.40 bits per heavy atom. The molecule has 1 aliphatic rings. The second-order valence-electron chi connectivity index (χ2n) is 12.4. The number of aryl methyl sites for hydroxylation is 1. The molecule has 11 heteroatoms. The van der Waals surface area contributed by atoms with E-state index in [1.165, 1.54) is 22.8 Å². The van der Waals surface area contributed by atoms with Crippen molar-refractivity contribution in [3.8, 4) is 16.8 Å². The molecule has 7 nitrogen and oxygen atoms in total. The second kappa shape index (κ2) is 12.5. The highest BCUT2D eigenvalue weighted by atomic mass is 19.1. The van der Waals surface area contributed by atoms with E-state index in [4.69, 9.17) is 0 Å². The fourth-order valence-electron chi connectivity index (χ4n) is 6.42. The SMILES string of the molecule is BC(B)=Cc1cccc(F)c1-c1cc2c(cc1F)c(N1[C@@H](C)CN(C(=O)C=C)C[C@@H]1C)nc(=O)n2-c1c(C)ccnc1C(C)C. The molecule has 1 fully saturated rings. The van der Waals surface area contributed by atoms with Gasteiger partial charge in [0.25, 0.3) is 0 Å². The zero-order chi connectivity index (χ0) is 32.7. The summed E-state index contributed by atoms with van der Waals surface area (Å²) in [5.74, 6) is -1.11. The van der Waals surface area contributed by atoms with Gasteiger partial charge in [0.15, 0.2) is 0 Å². The molecule has 2 aromatic heterocycles. The lowest BCUT2D eigenvalue weighted by molar-refractivity contribution is -0.127. The first-order chi connectivity index (χ1) is 21.3. The Hall–Kier alpha value is -4.53. The van der Waals surface area contributed by atoms with Crippen molar-refractivity contribution in [2.24, 2.45) is 0 Å². The maximum Gasteiger partial charge on any atom is 0.354 e. The number of fused-ring (bicyclic) bond motifs is 1. The number of nitrogens with zero attached hydrogens (tertiary/aromatic N) is 5. The number of benzene rings is 2. The zero-order valence-electron chi connectivity index (χ0n) is 26.9. The molecular formula is C34H37B2F2N5O2. The standard InChI is InChI=1S/C34H37B2F2N5O2/c1-7-29(44)41-16-20(5)42(21(6)17-41)33-24-14-26(38)23(30-22(13-28(35)36)9-8-10-25(30)37)15-27(24)43(34(45)40-33)32-19(4)11-12-39-31(32)18(2)3/h7-15,18,20-21H,1,16-17,35-36H2,2-6H3/t20-,21-/m0/s1. The van der Waals surface area contributed by atoms with Crippen LogP contribution in [0.15, 0.2) is 65.4 Å². The Bertz CT molecular complexity index is 1910. The summed E-state index contributed by atoms with van der Waals surface area (Å²) in [7, 11) is 3.79. The summed E-state index contributed by atoms with van der Waals surface area (Å²) in [6.45, 7) is 14.1. The van der Waals surface area contributed by atoms with Gasteiger partial charge in [-0.15, -0.1) is 5.37 Å². The molecule has 1 amide bonds. The summed E-state index contributed by atoms with van der Waals surface area (Å²) in [4.78, 5) is 39.5. The van der Waals surface area contributed by atoms with Gasteiger partial charge in [-0.3, -0.25) is 14.3 Å². The van der Waals surface area contributed by atoms with Gasteiger partial charge in [-0.05, 0) is 68.2 Å². The maximum atomic E-state index is 16.4. The van der Waals surface area contributed by atoms with Gasteiger partial charge in [0.1, 0.15) is 33.1 Å². The molecule has 3 heterocycles. The van der Waals surface area contributed by atoms with Crippen LogP contribution in [0, 0.1) is 18.6 Å². The number of halogens is 2. The molecule has 5 rings (SSSR count). The van der Waals surface area contributed by atoms with Crippen LogP contribution in [0.3, 0.4) is 0 Å². The number of aromatic nitrogens is 3. The molecule has 0 spiro atoms. The third kappa shape index (κ3) is 5.83. The smallest absolute Gasteiger partial charge is 0.347 e. The normalized spacial score (nSPS) is 16.7. The predicted octanol–water partition coefficient (Wildman–Crippen LogP) is 4.33. The van der Waals surface area contributed by atoms with Gasteiger partial charge >= 0.3 is 5.69 Å². The third-order valence-corrected chi connectivity index (χ3v) is 8.29. The lowest BCUT2D eigenvalue weighted by Gasteiger charge is -2.45. The highest BCUT2D eigenvalue weighted by Crippen LogP contribution is 2.38. The van der Waals surface area contributed by atoms with Crippen LogP contribution >= 0.6 is 0 Å². The zero-order valence-corrected chi connectivity index (χ0v) is 26.9. The first kappa shape index (κ1) is 31.9. The molecule has 0 radical (unpaired) electrons. The van der Waals surface area contributed by atoms with Crippen molar-refractivity contribution in [1.82, 2.24) is 19.4 Å². The lowest BCUT2D eigenvalue weighted by Crippen LogP contribution is -2.58. The van der Waals surface area contributed by atoms with Crippen LogP contribution < -0.4 is 10.6 Å². The van der Waals surface area contributed by atoms with Crippen molar-refractivity contribution in [3.05, 3.63) is 99.6 Å². The number of pyridine rings is 1. The van der Waals surface area contributed by atoms with E-state index in [-0.39, 0.29) is 35.0 Å². The van der Waals surface area contributed by atoms with E-state index in [1.54, 1.807) is 29.3 Å². The summed E-state index contributed by atoms with van der Waals surface area (Å²) >= 11 is 0. The minimum Gasteiger partial charge on any atom is -0.347 e. The van der Waals surface area contributed by atoms with Crippen molar-refractivity contribution >= 4 is 44.4 Å². The summed E-state index contributed by atoms with van der Waals surface area (Å²) in [6.07, 6.45) is 4.80. The average molecular weight is 607 g/mol. The number of amides is 1. The largest absolute Gasteiger partial charge is 0.354 e. The quantitative estimate of drug-likeness (QED) is 0.241. The Kier molecular flexibility index (Phi) is 8.83. The Morgan fingerprint density at radius 2 is 1.78 bits per heavy atom. The molecule has 4 aromatic rings. The number of carbonyl (C=O) groups is 1. The average Bonchev–Trinajstić information content (AvgIpc) is 2.97. The third-order valence-electron chi connectivity index (χ3n) is 8.29. The number of piperazine rings is 1. The number of anilines is 1. The second-order valence-corrected chi connectivity index (χ2v) is 12.4. The molecule has 1 saturated heterocycles. The molecule has 0 unspecified atom stereocenters. The molecule has 45 heavy (non-hydrogen) atoms. The predicted molar refractivity (Wildman–Crippen MR) is 183 cm³/mol. The molecule has 0 N–H and O–H groups in total. The van der Waals surface area contributed by atoms with E-state index in [0.717, 1.165) is 10.9 Å². The van der Waals surface area contributed by atoms with Gasteiger partial charge in [-0.25, -0.2) is 13.6 Å². The van der Waals surface area contributed by atoms with Gasteiger partial charge in [0.05, 0.1) is 16.9 Å². The van der Waals surface area contributed by atoms with Crippen LogP contribution in [0.4, 0.5) is 14.6 Å².